The van der Waals surface area contributed by atoms with E-state index in [1.807, 2.05) is 0 Å². The van der Waals surface area contributed by atoms with Gasteiger partial charge in [-0.3, -0.25) is 4.79 Å². The van der Waals surface area contributed by atoms with E-state index in [0.717, 1.165) is 18.9 Å². The second kappa shape index (κ2) is 5.13. The summed E-state index contributed by atoms with van der Waals surface area (Å²) in [4.78, 5) is 11.8. The molecule has 0 radical (unpaired) electrons. The molecule has 0 atom stereocenters. The van der Waals surface area contributed by atoms with Gasteiger partial charge in [-0.2, -0.15) is 0 Å². The summed E-state index contributed by atoms with van der Waals surface area (Å²) in [6.07, 6.45) is 2.48. The topological polar surface area (TPSA) is 75.4 Å². The maximum atomic E-state index is 13.5. The highest BCUT2D eigenvalue weighted by molar-refractivity contribution is 5.95. The number of anilines is 1. The molecule has 2 rings (SSSR count). The molecule has 4 N–H and O–H groups in total. The summed E-state index contributed by atoms with van der Waals surface area (Å²) in [7, 11) is 0. The Labute approximate surface area is 109 Å². The molecule has 1 aromatic rings. The number of carbonyl (C=O) groups is 1. The van der Waals surface area contributed by atoms with Crippen LogP contribution in [0.4, 0.5) is 14.5 Å². The van der Waals surface area contributed by atoms with Crippen LogP contribution in [0.15, 0.2) is 12.1 Å². The number of nitrogens with one attached hydrogen (secondary N) is 1. The van der Waals surface area contributed by atoms with Gasteiger partial charge in [0.15, 0.2) is 0 Å². The number of carbonyl (C=O) groups excluding carboxylic acids is 1. The number of aliphatic hydroxyl groups excluding tert-OH is 1. The fraction of sp³-hybridized carbons (Fsp3) is 0.462. The lowest BCUT2D eigenvalue weighted by Gasteiger charge is -2.15. The molecule has 0 aliphatic heterocycles. The van der Waals surface area contributed by atoms with Crippen LogP contribution >= 0.6 is 0 Å². The Morgan fingerprint density at radius 2 is 2.05 bits per heavy atom. The number of benzene rings is 1. The van der Waals surface area contributed by atoms with E-state index in [9.17, 15) is 13.6 Å². The van der Waals surface area contributed by atoms with Crippen molar-refractivity contribution in [1.29, 1.82) is 0 Å². The van der Waals surface area contributed by atoms with E-state index in [4.69, 9.17) is 10.8 Å². The minimum atomic E-state index is -0.934. The third kappa shape index (κ3) is 3.01. The highest BCUT2D eigenvalue weighted by Crippen LogP contribution is 2.47. The van der Waals surface area contributed by atoms with Gasteiger partial charge in [0.1, 0.15) is 11.6 Å². The van der Waals surface area contributed by atoms with Crippen molar-refractivity contribution < 1.29 is 18.7 Å². The summed E-state index contributed by atoms with van der Waals surface area (Å²) < 4.78 is 26.5. The molecular formula is C13H16F2N2O2. The van der Waals surface area contributed by atoms with Crippen LogP contribution in [-0.4, -0.2) is 24.2 Å². The van der Waals surface area contributed by atoms with Crippen molar-refractivity contribution in [3.8, 4) is 0 Å². The molecule has 0 aromatic heterocycles. The Morgan fingerprint density at radius 1 is 1.37 bits per heavy atom. The minimum absolute atomic E-state index is 0.0630. The highest BCUT2D eigenvalue weighted by Gasteiger charge is 2.42. The summed E-state index contributed by atoms with van der Waals surface area (Å²) in [5.74, 6) is -2.43. The Bertz CT molecular complexity index is 502. The average Bonchev–Trinajstić information content (AvgIpc) is 3.12. The first-order valence-electron chi connectivity index (χ1n) is 6.11. The molecule has 104 valence electrons. The maximum absolute atomic E-state index is 13.5. The van der Waals surface area contributed by atoms with Gasteiger partial charge in [0.2, 0.25) is 0 Å². The molecule has 1 aliphatic rings. The first-order chi connectivity index (χ1) is 8.97. The molecule has 1 aliphatic carbocycles. The normalized spacial score (nSPS) is 16.2. The zero-order valence-electron chi connectivity index (χ0n) is 10.4. The molecule has 1 aromatic carbocycles. The fourth-order valence-electron chi connectivity index (χ4n) is 2.03. The summed E-state index contributed by atoms with van der Waals surface area (Å²) in [6.45, 7) is 0.441. The summed E-state index contributed by atoms with van der Waals surface area (Å²) in [5.41, 5.74) is 4.73. The molecule has 1 saturated carbocycles. The van der Waals surface area contributed by atoms with Crippen LogP contribution in [0.3, 0.4) is 0 Å². The first-order valence-corrected chi connectivity index (χ1v) is 6.11. The van der Waals surface area contributed by atoms with Gasteiger partial charge >= 0.3 is 0 Å². The lowest BCUT2D eigenvalue weighted by atomic mass is 10.0. The zero-order valence-corrected chi connectivity index (χ0v) is 10.4. The van der Waals surface area contributed by atoms with Crippen LogP contribution in [0.1, 0.15) is 29.6 Å². The van der Waals surface area contributed by atoms with Gasteiger partial charge < -0.3 is 16.2 Å². The van der Waals surface area contributed by atoms with E-state index in [2.05, 4.69) is 5.32 Å². The van der Waals surface area contributed by atoms with Crippen molar-refractivity contribution in [2.75, 3.05) is 18.9 Å². The third-order valence-corrected chi connectivity index (χ3v) is 3.55. The van der Waals surface area contributed by atoms with Crippen LogP contribution < -0.4 is 11.1 Å². The second-order valence-electron chi connectivity index (χ2n) is 5.01. The largest absolute Gasteiger partial charge is 0.396 e. The molecular weight excluding hydrogens is 254 g/mol. The van der Waals surface area contributed by atoms with Gasteiger partial charge in [-0.1, -0.05) is 0 Å². The van der Waals surface area contributed by atoms with Crippen LogP contribution in [-0.2, 0) is 0 Å². The first kappa shape index (κ1) is 13.7. The van der Waals surface area contributed by atoms with E-state index in [1.165, 1.54) is 0 Å². The molecule has 19 heavy (non-hydrogen) atoms. The monoisotopic (exact) mass is 270 g/mol. The number of nitrogen functional groups attached to an aromatic ring is 1. The van der Waals surface area contributed by atoms with E-state index in [0.29, 0.717) is 19.0 Å². The van der Waals surface area contributed by atoms with Crippen molar-refractivity contribution in [2.45, 2.75) is 19.3 Å². The molecule has 0 heterocycles. The van der Waals surface area contributed by atoms with Crippen molar-refractivity contribution in [1.82, 2.24) is 5.32 Å². The summed E-state index contributed by atoms with van der Waals surface area (Å²) in [6, 6.07) is 1.59. The van der Waals surface area contributed by atoms with Gasteiger partial charge in [-0.15, -0.1) is 0 Å². The molecule has 4 nitrogen and oxygen atoms in total. The standard InChI is InChI=1S/C13H16F2N2O2/c14-9-6-10(15)11(16)5-8(9)12(19)17-7-13(1-2-13)3-4-18/h5-6,18H,1-4,7,16H2,(H,17,19). The number of halogens is 2. The molecule has 1 fully saturated rings. The minimum Gasteiger partial charge on any atom is -0.396 e. The molecule has 0 bridgehead atoms. The highest BCUT2D eigenvalue weighted by atomic mass is 19.1. The maximum Gasteiger partial charge on any atom is 0.254 e. The Hall–Kier alpha value is -1.69. The van der Waals surface area contributed by atoms with E-state index >= 15 is 0 Å². The Morgan fingerprint density at radius 3 is 2.63 bits per heavy atom. The molecule has 1 amide bonds. The van der Waals surface area contributed by atoms with Crippen LogP contribution in [0, 0.1) is 17.0 Å². The Balaban J connectivity index is 2.02. The van der Waals surface area contributed by atoms with Gasteiger partial charge in [0, 0.05) is 19.2 Å². The SMILES string of the molecule is Nc1cc(C(=O)NCC2(CCO)CC2)c(F)cc1F. The van der Waals surface area contributed by atoms with Gasteiger partial charge in [0.25, 0.3) is 5.91 Å². The zero-order chi connectivity index (χ0) is 14.0. The van der Waals surface area contributed by atoms with Crippen molar-refractivity contribution in [2.24, 2.45) is 5.41 Å². The predicted molar refractivity (Wildman–Crippen MR) is 66.5 cm³/mol. The van der Waals surface area contributed by atoms with Gasteiger partial charge in [-0.05, 0) is 30.7 Å². The van der Waals surface area contributed by atoms with E-state index in [-0.39, 0.29) is 23.3 Å². The average molecular weight is 270 g/mol. The van der Waals surface area contributed by atoms with E-state index < -0.39 is 17.5 Å². The molecule has 0 unspecified atom stereocenters. The quantitative estimate of drug-likeness (QED) is 0.709. The van der Waals surface area contributed by atoms with Crippen LogP contribution in [0.5, 0.6) is 0 Å². The second-order valence-corrected chi connectivity index (χ2v) is 5.01. The number of hydrogen-bond donors (Lipinski definition) is 3. The molecule has 0 spiro atoms. The summed E-state index contributed by atoms with van der Waals surface area (Å²) >= 11 is 0. The lowest BCUT2D eigenvalue weighted by molar-refractivity contribution is 0.0936. The number of rotatable bonds is 5. The smallest absolute Gasteiger partial charge is 0.254 e. The van der Waals surface area contributed by atoms with E-state index in [1.54, 1.807) is 0 Å². The number of aliphatic hydroxyl groups is 1. The number of hydrogen-bond acceptors (Lipinski definition) is 3. The van der Waals surface area contributed by atoms with Crippen LogP contribution in [0.2, 0.25) is 0 Å². The number of amides is 1. The Kier molecular flexibility index (Phi) is 3.71. The van der Waals surface area contributed by atoms with Crippen molar-refractivity contribution in [3.05, 3.63) is 29.3 Å². The van der Waals surface area contributed by atoms with Gasteiger partial charge in [-0.25, -0.2) is 8.78 Å². The van der Waals surface area contributed by atoms with Gasteiger partial charge in [0.05, 0.1) is 11.3 Å². The molecule has 0 saturated heterocycles. The predicted octanol–water partition coefficient (Wildman–Crippen LogP) is 1.44. The number of nitrogens with two attached hydrogens (primary N) is 1. The lowest BCUT2D eigenvalue weighted by Crippen LogP contribution is -2.31. The molecule has 6 heteroatoms. The van der Waals surface area contributed by atoms with Crippen molar-refractivity contribution in [3.63, 3.8) is 0 Å². The van der Waals surface area contributed by atoms with Crippen LogP contribution in [0.25, 0.3) is 0 Å². The fourth-order valence-corrected chi connectivity index (χ4v) is 2.03. The third-order valence-electron chi connectivity index (χ3n) is 3.55. The summed E-state index contributed by atoms with van der Waals surface area (Å²) in [5, 5.41) is 11.5. The van der Waals surface area contributed by atoms with Crippen molar-refractivity contribution >= 4 is 11.6 Å².